The molecule has 0 spiro atoms. The molecule has 0 aromatic heterocycles. The second-order valence-electron chi connectivity index (χ2n) is 5.18. The van der Waals surface area contributed by atoms with Gasteiger partial charge in [-0.05, 0) is 61.7 Å². The predicted molar refractivity (Wildman–Crippen MR) is 68.4 cm³/mol. The van der Waals surface area contributed by atoms with Crippen molar-refractivity contribution in [1.29, 1.82) is 0 Å². The third-order valence-corrected chi connectivity index (χ3v) is 2.70. The summed E-state index contributed by atoms with van der Waals surface area (Å²) in [6, 6.07) is 0.696. The third kappa shape index (κ3) is 8.85. The maximum absolute atomic E-state index is 2.34. The molecule has 1 unspecified atom stereocenters. The zero-order chi connectivity index (χ0) is 11.8. The lowest BCUT2D eigenvalue weighted by molar-refractivity contribution is 0.212. The van der Waals surface area contributed by atoms with Crippen LogP contribution in [0.1, 0.15) is 19.3 Å². The van der Waals surface area contributed by atoms with E-state index < -0.39 is 0 Å². The van der Waals surface area contributed by atoms with Crippen LogP contribution in [0.5, 0.6) is 0 Å². The summed E-state index contributed by atoms with van der Waals surface area (Å²) in [5.74, 6) is 0. The van der Waals surface area contributed by atoms with E-state index in [0.717, 1.165) is 6.54 Å². The first kappa shape index (κ1) is 14.9. The van der Waals surface area contributed by atoms with E-state index in [1.165, 1.54) is 25.8 Å². The highest BCUT2D eigenvalue weighted by atomic mass is 15.2. The molecule has 0 fully saturated rings. The van der Waals surface area contributed by atoms with Gasteiger partial charge in [0.1, 0.15) is 0 Å². The molecule has 0 heterocycles. The Morgan fingerprint density at radius 2 is 1.40 bits per heavy atom. The Balaban J connectivity index is 3.67. The quantitative estimate of drug-likeness (QED) is 0.564. The molecule has 1 atom stereocenters. The monoisotopic (exact) mass is 215 g/mol. The summed E-state index contributed by atoms with van der Waals surface area (Å²) in [6.45, 7) is 2.37. The van der Waals surface area contributed by atoms with Crippen molar-refractivity contribution in [1.82, 2.24) is 14.7 Å². The first-order chi connectivity index (χ1) is 6.93. The molecule has 0 amide bonds. The summed E-state index contributed by atoms with van der Waals surface area (Å²) < 4.78 is 0. The average molecular weight is 215 g/mol. The van der Waals surface area contributed by atoms with Crippen LogP contribution in [-0.4, -0.2) is 76.1 Å². The molecule has 3 heteroatoms. The first-order valence-electron chi connectivity index (χ1n) is 5.89. The van der Waals surface area contributed by atoms with E-state index in [1.54, 1.807) is 0 Å². The van der Waals surface area contributed by atoms with Gasteiger partial charge >= 0.3 is 0 Å². The van der Waals surface area contributed by atoms with Gasteiger partial charge in [0, 0.05) is 12.6 Å². The summed E-state index contributed by atoms with van der Waals surface area (Å²) in [7, 11) is 12.9. The minimum atomic E-state index is 0.696. The Kier molecular flexibility index (Phi) is 8.02. The Hall–Kier alpha value is -0.120. The minimum Gasteiger partial charge on any atom is -0.309 e. The van der Waals surface area contributed by atoms with Gasteiger partial charge in [0.05, 0.1) is 0 Å². The number of hydrogen-bond donors (Lipinski definition) is 0. The summed E-state index contributed by atoms with van der Waals surface area (Å²) in [6.07, 6.45) is 3.94. The Labute approximate surface area is 96.0 Å². The number of nitrogens with zero attached hydrogens (tertiary/aromatic N) is 3. The SMILES string of the molecule is CN(C)CCCCC(CN(C)C)N(C)C. The van der Waals surface area contributed by atoms with E-state index in [4.69, 9.17) is 0 Å². The van der Waals surface area contributed by atoms with Crippen molar-refractivity contribution < 1.29 is 0 Å². The molecule has 0 rings (SSSR count). The van der Waals surface area contributed by atoms with E-state index >= 15 is 0 Å². The molecule has 0 aliphatic rings. The van der Waals surface area contributed by atoms with Crippen LogP contribution in [0.25, 0.3) is 0 Å². The number of unbranched alkanes of at least 4 members (excludes halogenated alkanes) is 1. The van der Waals surface area contributed by atoms with E-state index in [1.807, 2.05) is 0 Å². The molecule has 0 aromatic carbocycles. The van der Waals surface area contributed by atoms with E-state index in [0.29, 0.717) is 6.04 Å². The van der Waals surface area contributed by atoms with Crippen LogP contribution in [0.4, 0.5) is 0 Å². The number of rotatable bonds is 8. The lowest BCUT2D eigenvalue weighted by Gasteiger charge is -2.27. The van der Waals surface area contributed by atoms with Crippen LogP contribution >= 0.6 is 0 Å². The van der Waals surface area contributed by atoms with Crippen molar-refractivity contribution >= 4 is 0 Å². The Morgan fingerprint density at radius 1 is 0.800 bits per heavy atom. The molecule has 3 nitrogen and oxygen atoms in total. The molecule has 0 bridgehead atoms. The third-order valence-electron chi connectivity index (χ3n) is 2.70. The fourth-order valence-corrected chi connectivity index (χ4v) is 1.74. The molecule has 0 aliphatic heterocycles. The Bertz CT molecular complexity index is 144. The van der Waals surface area contributed by atoms with Gasteiger partial charge in [-0.1, -0.05) is 6.42 Å². The highest BCUT2D eigenvalue weighted by Crippen LogP contribution is 2.07. The van der Waals surface area contributed by atoms with Crippen LogP contribution in [-0.2, 0) is 0 Å². The zero-order valence-corrected chi connectivity index (χ0v) is 11.5. The summed E-state index contributed by atoms with van der Waals surface area (Å²) >= 11 is 0. The fraction of sp³-hybridized carbons (Fsp3) is 1.00. The van der Waals surface area contributed by atoms with Crippen molar-refractivity contribution in [3.05, 3.63) is 0 Å². The van der Waals surface area contributed by atoms with Crippen molar-refractivity contribution in [2.75, 3.05) is 55.4 Å². The van der Waals surface area contributed by atoms with Gasteiger partial charge in [0.25, 0.3) is 0 Å². The van der Waals surface area contributed by atoms with Gasteiger partial charge < -0.3 is 14.7 Å². The molecule has 0 saturated carbocycles. The molecule has 15 heavy (non-hydrogen) atoms. The molecule has 0 radical (unpaired) electrons. The molecule has 0 aliphatic carbocycles. The van der Waals surface area contributed by atoms with Gasteiger partial charge in [-0.15, -0.1) is 0 Å². The van der Waals surface area contributed by atoms with Crippen LogP contribution in [0, 0.1) is 0 Å². The van der Waals surface area contributed by atoms with E-state index in [2.05, 4.69) is 57.0 Å². The summed E-state index contributed by atoms with van der Waals surface area (Å²) in [4.78, 5) is 6.88. The van der Waals surface area contributed by atoms with Crippen LogP contribution in [0.15, 0.2) is 0 Å². The maximum atomic E-state index is 2.34. The highest BCUT2D eigenvalue weighted by molar-refractivity contribution is 4.69. The molecular weight excluding hydrogens is 186 g/mol. The van der Waals surface area contributed by atoms with Crippen molar-refractivity contribution in [2.24, 2.45) is 0 Å². The van der Waals surface area contributed by atoms with Crippen LogP contribution in [0.3, 0.4) is 0 Å². The topological polar surface area (TPSA) is 9.72 Å². The first-order valence-corrected chi connectivity index (χ1v) is 5.89. The lowest BCUT2D eigenvalue weighted by atomic mass is 10.1. The molecule has 92 valence electrons. The van der Waals surface area contributed by atoms with Gasteiger partial charge in [-0.25, -0.2) is 0 Å². The number of hydrogen-bond acceptors (Lipinski definition) is 3. The van der Waals surface area contributed by atoms with E-state index in [-0.39, 0.29) is 0 Å². The lowest BCUT2D eigenvalue weighted by Crippen LogP contribution is -2.37. The summed E-state index contributed by atoms with van der Waals surface area (Å²) in [5, 5.41) is 0. The van der Waals surface area contributed by atoms with Crippen molar-refractivity contribution in [3.8, 4) is 0 Å². The normalized spacial score (nSPS) is 14.2. The predicted octanol–water partition coefficient (Wildman–Crippen LogP) is 1.21. The van der Waals surface area contributed by atoms with Gasteiger partial charge in [0.15, 0.2) is 0 Å². The second kappa shape index (κ2) is 8.08. The van der Waals surface area contributed by atoms with Crippen molar-refractivity contribution in [2.45, 2.75) is 25.3 Å². The van der Waals surface area contributed by atoms with Gasteiger partial charge in [-0.2, -0.15) is 0 Å². The molecule has 0 saturated heterocycles. The minimum absolute atomic E-state index is 0.696. The van der Waals surface area contributed by atoms with Crippen LogP contribution < -0.4 is 0 Å². The van der Waals surface area contributed by atoms with Crippen LogP contribution in [0.2, 0.25) is 0 Å². The molecule has 0 N–H and O–H groups in total. The largest absolute Gasteiger partial charge is 0.309 e. The highest BCUT2D eigenvalue weighted by Gasteiger charge is 2.11. The summed E-state index contributed by atoms with van der Waals surface area (Å²) in [5.41, 5.74) is 0. The smallest absolute Gasteiger partial charge is 0.0216 e. The van der Waals surface area contributed by atoms with Gasteiger partial charge in [-0.3, -0.25) is 0 Å². The standard InChI is InChI=1S/C12H29N3/c1-13(2)10-8-7-9-12(15(5)6)11-14(3)4/h12H,7-11H2,1-6H3. The Morgan fingerprint density at radius 3 is 1.80 bits per heavy atom. The molecular formula is C12H29N3. The molecule has 0 aromatic rings. The average Bonchev–Trinajstić information content (AvgIpc) is 2.08. The van der Waals surface area contributed by atoms with Crippen molar-refractivity contribution in [3.63, 3.8) is 0 Å². The zero-order valence-electron chi connectivity index (χ0n) is 11.5. The fourth-order valence-electron chi connectivity index (χ4n) is 1.74. The number of likely N-dealkylation sites (N-methyl/N-ethyl adjacent to an activating group) is 2. The maximum Gasteiger partial charge on any atom is 0.0216 e. The second-order valence-corrected chi connectivity index (χ2v) is 5.18. The van der Waals surface area contributed by atoms with Gasteiger partial charge in [0.2, 0.25) is 0 Å². The van der Waals surface area contributed by atoms with E-state index in [9.17, 15) is 0 Å².